The third kappa shape index (κ3) is 2.70. The van der Waals surface area contributed by atoms with Crippen molar-refractivity contribution in [3.05, 3.63) is 29.8 Å². The first-order valence-corrected chi connectivity index (χ1v) is 7.61. The lowest BCUT2D eigenvalue weighted by molar-refractivity contribution is -0.0429. The highest BCUT2D eigenvalue weighted by Crippen LogP contribution is 2.41. The van der Waals surface area contributed by atoms with Gasteiger partial charge in [0.2, 0.25) is 0 Å². The molecule has 1 aromatic rings. The summed E-state index contributed by atoms with van der Waals surface area (Å²) in [5.74, 6) is 1.02. The van der Waals surface area contributed by atoms with E-state index in [-0.39, 0.29) is 11.0 Å². The standard InChI is InChI=1S/C17H25NO2/c1-16(2)8-7-14(20-16)10-17(11-18)9-13-5-3-4-6-15(13)19-12-17/h3-6,14H,7-12,18H2,1-2H3. The van der Waals surface area contributed by atoms with Gasteiger partial charge in [-0.05, 0) is 51.2 Å². The molecule has 2 aliphatic rings. The van der Waals surface area contributed by atoms with E-state index in [1.807, 2.05) is 12.1 Å². The van der Waals surface area contributed by atoms with Crippen molar-refractivity contribution in [2.75, 3.05) is 13.2 Å². The number of fused-ring (bicyclic) bond motifs is 1. The molecule has 1 aromatic carbocycles. The zero-order valence-electron chi connectivity index (χ0n) is 12.5. The number of ether oxygens (including phenoxy) is 2. The Kier molecular flexibility index (Phi) is 3.51. The first kappa shape index (κ1) is 13.9. The summed E-state index contributed by atoms with van der Waals surface area (Å²) in [5, 5.41) is 0. The number of benzene rings is 1. The molecule has 2 aliphatic heterocycles. The van der Waals surface area contributed by atoms with Crippen LogP contribution in [0, 0.1) is 5.41 Å². The van der Waals surface area contributed by atoms with E-state index in [0.29, 0.717) is 19.3 Å². The molecule has 0 aromatic heterocycles. The topological polar surface area (TPSA) is 44.5 Å². The minimum absolute atomic E-state index is 0.0217. The van der Waals surface area contributed by atoms with Crippen LogP contribution < -0.4 is 10.5 Å². The summed E-state index contributed by atoms with van der Waals surface area (Å²) in [5.41, 5.74) is 7.43. The maximum Gasteiger partial charge on any atom is 0.122 e. The molecule has 0 aliphatic carbocycles. The predicted octanol–water partition coefficient (Wildman–Crippen LogP) is 2.91. The highest BCUT2D eigenvalue weighted by Gasteiger charge is 2.41. The molecule has 2 heterocycles. The maximum absolute atomic E-state index is 6.16. The van der Waals surface area contributed by atoms with Gasteiger partial charge in [-0.15, -0.1) is 0 Å². The van der Waals surface area contributed by atoms with Crippen LogP contribution in [0.5, 0.6) is 5.75 Å². The molecule has 2 unspecified atom stereocenters. The van der Waals surface area contributed by atoms with Crippen LogP contribution in [0.4, 0.5) is 0 Å². The lowest BCUT2D eigenvalue weighted by atomic mass is 9.76. The average Bonchev–Trinajstić information content (AvgIpc) is 2.77. The lowest BCUT2D eigenvalue weighted by Gasteiger charge is -2.39. The molecule has 3 rings (SSSR count). The van der Waals surface area contributed by atoms with E-state index in [1.54, 1.807) is 0 Å². The van der Waals surface area contributed by atoms with Crippen LogP contribution in [0.1, 0.15) is 38.7 Å². The first-order chi connectivity index (χ1) is 9.52. The van der Waals surface area contributed by atoms with E-state index in [0.717, 1.165) is 31.4 Å². The van der Waals surface area contributed by atoms with Gasteiger partial charge in [0, 0.05) is 12.0 Å². The smallest absolute Gasteiger partial charge is 0.122 e. The van der Waals surface area contributed by atoms with E-state index in [1.165, 1.54) is 5.56 Å². The first-order valence-electron chi connectivity index (χ1n) is 7.61. The Labute approximate surface area is 121 Å². The normalized spacial score (nSPS) is 31.6. The zero-order chi connectivity index (χ0) is 14.2. The summed E-state index contributed by atoms with van der Waals surface area (Å²) in [6.45, 7) is 5.71. The molecule has 0 saturated carbocycles. The Morgan fingerprint density at radius 2 is 2.10 bits per heavy atom. The molecule has 1 saturated heterocycles. The molecule has 0 bridgehead atoms. The highest BCUT2D eigenvalue weighted by molar-refractivity contribution is 5.36. The van der Waals surface area contributed by atoms with E-state index in [4.69, 9.17) is 15.2 Å². The minimum Gasteiger partial charge on any atom is -0.493 e. The van der Waals surface area contributed by atoms with Gasteiger partial charge in [-0.3, -0.25) is 0 Å². The van der Waals surface area contributed by atoms with Crippen molar-refractivity contribution < 1.29 is 9.47 Å². The monoisotopic (exact) mass is 275 g/mol. The van der Waals surface area contributed by atoms with Crippen molar-refractivity contribution in [3.8, 4) is 5.75 Å². The SMILES string of the molecule is CC1(C)CCC(CC2(CN)COc3ccccc3C2)O1. The van der Waals surface area contributed by atoms with Crippen molar-refractivity contribution in [3.63, 3.8) is 0 Å². The van der Waals surface area contributed by atoms with Crippen molar-refractivity contribution in [2.45, 2.75) is 51.2 Å². The van der Waals surface area contributed by atoms with Crippen LogP contribution in [0.25, 0.3) is 0 Å². The second kappa shape index (κ2) is 5.05. The van der Waals surface area contributed by atoms with Gasteiger partial charge in [0.1, 0.15) is 5.75 Å². The lowest BCUT2D eigenvalue weighted by Crippen LogP contribution is -2.44. The fourth-order valence-electron chi connectivity index (χ4n) is 3.53. The van der Waals surface area contributed by atoms with Gasteiger partial charge < -0.3 is 15.2 Å². The molecule has 3 nitrogen and oxygen atoms in total. The molecule has 1 fully saturated rings. The quantitative estimate of drug-likeness (QED) is 0.922. The van der Waals surface area contributed by atoms with Crippen molar-refractivity contribution in [1.29, 1.82) is 0 Å². The minimum atomic E-state index is 0.0217. The van der Waals surface area contributed by atoms with Crippen molar-refractivity contribution in [1.82, 2.24) is 0 Å². The maximum atomic E-state index is 6.16. The third-order valence-corrected chi connectivity index (χ3v) is 4.72. The van der Waals surface area contributed by atoms with Crippen LogP contribution >= 0.6 is 0 Å². The molecular formula is C17H25NO2. The third-order valence-electron chi connectivity index (χ3n) is 4.72. The van der Waals surface area contributed by atoms with Gasteiger partial charge in [-0.1, -0.05) is 18.2 Å². The summed E-state index contributed by atoms with van der Waals surface area (Å²) in [6, 6.07) is 8.30. The van der Waals surface area contributed by atoms with Crippen molar-refractivity contribution in [2.24, 2.45) is 11.1 Å². The van der Waals surface area contributed by atoms with E-state index in [2.05, 4.69) is 26.0 Å². The Balaban J connectivity index is 1.74. The van der Waals surface area contributed by atoms with Crippen molar-refractivity contribution >= 4 is 0 Å². The molecule has 2 N–H and O–H groups in total. The number of para-hydroxylation sites is 1. The van der Waals surface area contributed by atoms with Crippen LogP contribution in [-0.4, -0.2) is 24.9 Å². The second-order valence-electron chi connectivity index (χ2n) is 7.02. The number of hydrogen-bond acceptors (Lipinski definition) is 3. The number of hydrogen-bond donors (Lipinski definition) is 1. The van der Waals surface area contributed by atoms with Gasteiger partial charge in [0.25, 0.3) is 0 Å². The summed E-state index contributed by atoms with van der Waals surface area (Å²) < 4.78 is 12.1. The number of nitrogens with two attached hydrogens (primary N) is 1. The fourth-order valence-corrected chi connectivity index (χ4v) is 3.53. The van der Waals surface area contributed by atoms with E-state index in [9.17, 15) is 0 Å². The molecule has 3 heteroatoms. The zero-order valence-corrected chi connectivity index (χ0v) is 12.5. The van der Waals surface area contributed by atoms with E-state index < -0.39 is 0 Å². The fraction of sp³-hybridized carbons (Fsp3) is 0.647. The van der Waals surface area contributed by atoms with Gasteiger partial charge in [0.05, 0.1) is 18.3 Å². The molecular weight excluding hydrogens is 250 g/mol. The summed E-state index contributed by atoms with van der Waals surface area (Å²) in [4.78, 5) is 0. The Morgan fingerprint density at radius 3 is 2.80 bits per heavy atom. The Bertz CT molecular complexity index is 486. The van der Waals surface area contributed by atoms with Crippen LogP contribution in [0.15, 0.2) is 24.3 Å². The van der Waals surface area contributed by atoms with E-state index >= 15 is 0 Å². The molecule has 2 atom stereocenters. The van der Waals surface area contributed by atoms with Crippen LogP contribution in [0.2, 0.25) is 0 Å². The van der Waals surface area contributed by atoms with Gasteiger partial charge >= 0.3 is 0 Å². The molecule has 20 heavy (non-hydrogen) atoms. The predicted molar refractivity (Wildman–Crippen MR) is 79.9 cm³/mol. The van der Waals surface area contributed by atoms with Gasteiger partial charge in [0.15, 0.2) is 0 Å². The average molecular weight is 275 g/mol. The Hall–Kier alpha value is -1.06. The molecule has 0 radical (unpaired) electrons. The largest absolute Gasteiger partial charge is 0.493 e. The highest BCUT2D eigenvalue weighted by atomic mass is 16.5. The van der Waals surface area contributed by atoms with Gasteiger partial charge in [-0.25, -0.2) is 0 Å². The summed E-state index contributed by atoms with van der Waals surface area (Å²) in [6.07, 6.45) is 4.59. The molecule has 0 spiro atoms. The molecule has 110 valence electrons. The molecule has 0 amide bonds. The second-order valence-corrected chi connectivity index (χ2v) is 7.02. The summed E-state index contributed by atoms with van der Waals surface area (Å²) in [7, 11) is 0. The Morgan fingerprint density at radius 1 is 1.30 bits per heavy atom. The number of rotatable bonds is 3. The summed E-state index contributed by atoms with van der Waals surface area (Å²) >= 11 is 0. The van der Waals surface area contributed by atoms with Crippen LogP contribution in [-0.2, 0) is 11.2 Å². The van der Waals surface area contributed by atoms with Crippen LogP contribution in [0.3, 0.4) is 0 Å². The van der Waals surface area contributed by atoms with Gasteiger partial charge in [-0.2, -0.15) is 0 Å².